The topological polar surface area (TPSA) is 37.8 Å². The van der Waals surface area contributed by atoms with Crippen molar-refractivity contribution in [2.75, 3.05) is 13.1 Å². The fraction of sp³-hybridized carbons (Fsp3) is 0.556. The molecule has 0 radical (unpaired) electrons. The maximum Gasteiger partial charge on any atom is 0.132 e. The molecule has 1 aliphatic rings. The van der Waals surface area contributed by atoms with Crippen LogP contribution in [0.4, 0.5) is 0 Å². The minimum absolute atomic E-state index is 0. The molecule has 1 fully saturated rings. The second kappa shape index (κ2) is 5.63. The standard InChI is InChI=1S/C9H12BrN3.ClH/c10-8-5-12-9(13-6-8)7-2-1-3-11-4-7;/h5-7,11H,1-4H2;1H. The van der Waals surface area contributed by atoms with E-state index in [-0.39, 0.29) is 12.4 Å². The summed E-state index contributed by atoms with van der Waals surface area (Å²) in [4.78, 5) is 8.61. The average molecular weight is 279 g/mol. The lowest BCUT2D eigenvalue weighted by atomic mass is 9.99. The highest BCUT2D eigenvalue weighted by Crippen LogP contribution is 2.19. The highest BCUT2D eigenvalue weighted by Gasteiger charge is 2.16. The maximum atomic E-state index is 4.30. The zero-order chi connectivity index (χ0) is 9.10. The van der Waals surface area contributed by atoms with Crippen LogP contribution in [0.3, 0.4) is 0 Å². The first-order valence-electron chi connectivity index (χ1n) is 4.54. The molecule has 1 N–H and O–H groups in total. The van der Waals surface area contributed by atoms with Gasteiger partial charge >= 0.3 is 0 Å². The number of nitrogens with one attached hydrogen (secondary N) is 1. The van der Waals surface area contributed by atoms with E-state index in [1.165, 1.54) is 12.8 Å². The molecule has 1 aliphatic heterocycles. The molecule has 78 valence electrons. The van der Waals surface area contributed by atoms with Crippen LogP contribution in [0.25, 0.3) is 0 Å². The Balaban J connectivity index is 0.000000980. The van der Waals surface area contributed by atoms with Gasteiger partial charge in [-0.3, -0.25) is 0 Å². The molecule has 1 unspecified atom stereocenters. The highest BCUT2D eigenvalue weighted by atomic mass is 79.9. The molecule has 0 spiro atoms. The molecular formula is C9H13BrClN3. The van der Waals surface area contributed by atoms with Gasteiger partial charge in [0.05, 0.1) is 4.47 Å². The Hall–Kier alpha value is -0.190. The molecule has 0 aliphatic carbocycles. The second-order valence-corrected chi connectivity index (χ2v) is 4.22. The van der Waals surface area contributed by atoms with Crippen LogP contribution in [0.2, 0.25) is 0 Å². The zero-order valence-corrected chi connectivity index (χ0v) is 10.1. The normalized spacial score (nSPS) is 21.4. The van der Waals surface area contributed by atoms with Crippen molar-refractivity contribution in [1.29, 1.82) is 0 Å². The van der Waals surface area contributed by atoms with Gasteiger partial charge in [-0.2, -0.15) is 0 Å². The Morgan fingerprint density at radius 3 is 2.64 bits per heavy atom. The minimum atomic E-state index is 0. The molecule has 0 saturated carbocycles. The van der Waals surface area contributed by atoms with E-state index in [9.17, 15) is 0 Å². The van der Waals surface area contributed by atoms with Crippen LogP contribution in [0, 0.1) is 0 Å². The third-order valence-electron chi connectivity index (χ3n) is 2.30. The molecule has 0 aromatic carbocycles. The van der Waals surface area contributed by atoms with Gasteiger partial charge in [-0.25, -0.2) is 9.97 Å². The number of nitrogens with zero attached hydrogens (tertiary/aromatic N) is 2. The van der Waals surface area contributed by atoms with Gasteiger partial charge in [0.15, 0.2) is 0 Å². The van der Waals surface area contributed by atoms with Gasteiger partial charge < -0.3 is 5.32 Å². The molecular weight excluding hydrogens is 265 g/mol. The van der Waals surface area contributed by atoms with E-state index in [1.807, 2.05) is 12.4 Å². The summed E-state index contributed by atoms with van der Waals surface area (Å²) in [5.74, 6) is 1.47. The molecule has 1 saturated heterocycles. The first-order chi connectivity index (χ1) is 6.36. The van der Waals surface area contributed by atoms with Gasteiger partial charge in [-0.05, 0) is 35.3 Å². The molecule has 14 heavy (non-hydrogen) atoms. The Labute approximate surface area is 98.3 Å². The van der Waals surface area contributed by atoms with E-state index in [0.717, 1.165) is 23.4 Å². The summed E-state index contributed by atoms with van der Waals surface area (Å²) in [5.41, 5.74) is 0. The quantitative estimate of drug-likeness (QED) is 0.855. The smallest absolute Gasteiger partial charge is 0.132 e. The van der Waals surface area contributed by atoms with Crippen LogP contribution in [0.5, 0.6) is 0 Å². The first kappa shape index (κ1) is 11.9. The van der Waals surface area contributed by atoms with Gasteiger partial charge in [0.2, 0.25) is 0 Å². The molecule has 1 aromatic heterocycles. The lowest BCUT2D eigenvalue weighted by Crippen LogP contribution is -2.29. The SMILES string of the molecule is Brc1cnc(C2CCCNC2)nc1.Cl. The molecule has 3 nitrogen and oxygen atoms in total. The van der Waals surface area contributed by atoms with Crippen LogP contribution < -0.4 is 5.32 Å². The Bertz CT molecular complexity index is 272. The van der Waals surface area contributed by atoms with Gasteiger partial charge in [0, 0.05) is 24.9 Å². The van der Waals surface area contributed by atoms with Crippen molar-refractivity contribution in [3.63, 3.8) is 0 Å². The predicted octanol–water partition coefficient (Wildman–Crippen LogP) is 2.13. The molecule has 1 atom stereocenters. The number of rotatable bonds is 1. The van der Waals surface area contributed by atoms with Crippen molar-refractivity contribution < 1.29 is 0 Å². The zero-order valence-electron chi connectivity index (χ0n) is 7.74. The number of aromatic nitrogens is 2. The van der Waals surface area contributed by atoms with Crippen molar-refractivity contribution in [3.05, 3.63) is 22.7 Å². The first-order valence-corrected chi connectivity index (χ1v) is 5.34. The van der Waals surface area contributed by atoms with Crippen LogP contribution >= 0.6 is 28.3 Å². The molecule has 0 amide bonds. The summed E-state index contributed by atoms with van der Waals surface area (Å²) in [7, 11) is 0. The summed E-state index contributed by atoms with van der Waals surface area (Å²) in [6.07, 6.45) is 6.06. The lowest BCUT2D eigenvalue weighted by molar-refractivity contribution is 0.446. The predicted molar refractivity (Wildman–Crippen MR) is 61.8 cm³/mol. The Morgan fingerprint density at radius 1 is 1.36 bits per heavy atom. The number of halogens is 2. The third-order valence-corrected chi connectivity index (χ3v) is 2.71. The van der Waals surface area contributed by atoms with E-state index in [1.54, 1.807) is 0 Å². The Morgan fingerprint density at radius 2 is 2.07 bits per heavy atom. The molecule has 0 bridgehead atoms. The highest BCUT2D eigenvalue weighted by molar-refractivity contribution is 9.10. The minimum Gasteiger partial charge on any atom is -0.316 e. The van der Waals surface area contributed by atoms with Crippen molar-refractivity contribution >= 4 is 28.3 Å². The number of hydrogen-bond donors (Lipinski definition) is 1. The summed E-state index contributed by atoms with van der Waals surface area (Å²) < 4.78 is 0.944. The average Bonchev–Trinajstić information content (AvgIpc) is 2.20. The monoisotopic (exact) mass is 277 g/mol. The summed E-state index contributed by atoms with van der Waals surface area (Å²) in [5, 5.41) is 3.36. The van der Waals surface area contributed by atoms with E-state index in [0.29, 0.717) is 5.92 Å². The van der Waals surface area contributed by atoms with Gasteiger partial charge in [0.1, 0.15) is 5.82 Å². The second-order valence-electron chi connectivity index (χ2n) is 3.30. The number of piperidine rings is 1. The lowest BCUT2D eigenvalue weighted by Gasteiger charge is -2.20. The fourth-order valence-electron chi connectivity index (χ4n) is 1.61. The largest absolute Gasteiger partial charge is 0.316 e. The van der Waals surface area contributed by atoms with Crippen LogP contribution in [0.1, 0.15) is 24.6 Å². The number of hydrogen-bond acceptors (Lipinski definition) is 3. The van der Waals surface area contributed by atoms with E-state index in [4.69, 9.17) is 0 Å². The Kier molecular flexibility index (Phi) is 4.78. The van der Waals surface area contributed by atoms with Crippen LogP contribution in [0.15, 0.2) is 16.9 Å². The van der Waals surface area contributed by atoms with Gasteiger partial charge in [-0.15, -0.1) is 12.4 Å². The van der Waals surface area contributed by atoms with Crippen molar-refractivity contribution in [2.45, 2.75) is 18.8 Å². The van der Waals surface area contributed by atoms with Crippen LogP contribution in [-0.2, 0) is 0 Å². The molecule has 5 heteroatoms. The van der Waals surface area contributed by atoms with Gasteiger partial charge in [-0.1, -0.05) is 0 Å². The van der Waals surface area contributed by atoms with Gasteiger partial charge in [0.25, 0.3) is 0 Å². The molecule has 2 rings (SSSR count). The fourth-order valence-corrected chi connectivity index (χ4v) is 1.81. The van der Waals surface area contributed by atoms with E-state index < -0.39 is 0 Å². The molecule has 1 aromatic rings. The van der Waals surface area contributed by atoms with Crippen molar-refractivity contribution in [2.24, 2.45) is 0 Å². The summed E-state index contributed by atoms with van der Waals surface area (Å²) >= 11 is 3.33. The van der Waals surface area contributed by atoms with E-state index in [2.05, 4.69) is 31.2 Å². The summed E-state index contributed by atoms with van der Waals surface area (Å²) in [6.45, 7) is 2.15. The molecule has 2 heterocycles. The van der Waals surface area contributed by atoms with E-state index >= 15 is 0 Å². The van der Waals surface area contributed by atoms with Crippen LogP contribution in [-0.4, -0.2) is 23.1 Å². The van der Waals surface area contributed by atoms with Crippen molar-refractivity contribution in [3.8, 4) is 0 Å². The third kappa shape index (κ3) is 2.90. The van der Waals surface area contributed by atoms with Crippen molar-refractivity contribution in [1.82, 2.24) is 15.3 Å². The summed E-state index contributed by atoms with van der Waals surface area (Å²) in [6, 6.07) is 0. The maximum absolute atomic E-state index is 4.30.